The molecule has 0 spiro atoms. The van der Waals surface area contributed by atoms with E-state index in [9.17, 15) is 8.42 Å². The number of nitrogens with zero attached hydrogens (tertiary/aromatic N) is 1. The fourth-order valence-electron chi connectivity index (χ4n) is 1.82. The molecule has 2 rings (SSSR count). The van der Waals surface area contributed by atoms with Crippen LogP contribution in [0.4, 0.5) is 11.4 Å². The molecule has 0 amide bonds. The van der Waals surface area contributed by atoms with Crippen LogP contribution in [-0.4, -0.2) is 13.4 Å². The smallest absolute Gasteiger partial charge is 0.238 e. The van der Waals surface area contributed by atoms with Gasteiger partial charge in [0.15, 0.2) is 0 Å². The zero-order valence-electron chi connectivity index (χ0n) is 10.9. The molecule has 0 saturated heterocycles. The summed E-state index contributed by atoms with van der Waals surface area (Å²) in [5.41, 5.74) is 7.89. The van der Waals surface area contributed by atoms with Crippen LogP contribution in [0.5, 0.6) is 0 Å². The van der Waals surface area contributed by atoms with Crippen molar-refractivity contribution in [2.75, 3.05) is 11.1 Å². The van der Waals surface area contributed by atoms with E-state index >= 15 is 0 Å². The highest BCUT2D eigenvalue weighted by Crippen LogP contribution is 2.26. The molecule has 7 heteroatoms. The van der Waals surface area contributed by atoms with E-state index in [0.29, 0.717) is 11.4 Å². The maximum Gasteiger partial charge on any atom is 0.238 e. The van der Waals surface area contributed by atoms with Crippen LogP contribution in [0.25, 0.3) is 0 Å². The number of nitrogen functional groups attached to an aromatic ring is 1. The molecule has 0 saturated carbocycles. The van der Waals surface area contributed by atoms with Crippen molar-refractivity contribution in [2.24, 2.45) is 5.14 Å². The first-order valence-electron chi connectivity index (χ1n) is 5.96. The molecule has 1 unspecified atom stereocenters. The third-order valence-corrected chi connectivity index (χ3v) is 3.84. The molecule has 0 aliphatic rings. The monoisotopic (exact) mass is 292 g/mol. The van der Waals surface area contributed by atoms with Crippen molar-refractivity contribution in [3.05, 3.63) is 48.3 Å². The minimum absolute atomic E-state index is 0.00267. The molecular formula is C13H16N4O2S. The van der Waals surface area contributed by atoms with Crippen molar-refractivity contribution >= 4 is 21.4 Å². The third-order valence-electron chi connectivity index (χ3n) is 2.93. The zero-order valence-corrected chi connectivity index (χ0v) is 11.8. The number of hydrogen-bond acceptors (Lipinski definition) is 5. The zero-order chi connectivity index (χ0) is 14.8. The summed E-state index contributed by atoms with van der Waals surface area (Å²) in [6.07, 6.45) is 3.42. The second-order valence-electron chi connectivity index (χ2n) is 4.44. The highest BCUT2D eigenvalue weighted by molar-refractivity contribution is 7.89. The average Bonchev–Trinajstić information content (AvgIpc) is 2.41. The second kappa shape index (κ2) is 5.48. The van der Waals surface area contributed by atoms with Crippen molar-refractivity contribution < 1.29 is 8.42 Å². The van der Waals surface area contributed by atoms with Crippen LogP contribution in [0.3, 0.4) is 0 Å². The lowest BCUT2D eigenvalue weighted by Gasteiger charge is -2.17. The number of rotatable bonds is 4. The van der Waals surface area contributed by atoms with Gasteiger partial charge < -0.3 is 11.1 Å². The van der Waals surface area contributed by atoms with Crippen LogP contribution in [-0.2, 0) is 10.0 Å². The molecule has 1 aromatic heterocycles. The Bertz CT molecular complexity index is 702. The molecular weight excluding hydrogens is 276 g/mol. The van der Waals surface area contributed by atoms with Gasteiger partial charge in [-0.3, -0.25) is 4.98 Å². The number of pyridine rings is 1. The molecule has 106 valence electrons. The first-order chi connectivity index (χ1) is 9.38. The number of nitrogens with one attached hydrogen (secondary N) is 1. The Morgan fingerprint density at radius 2 is 1.85 bits per heavy atom. The van der Waals surface area contributed by atoms with Gasteiger partial charge in [0.2, 0.25) is 10.0 Å². The molecule has 6 nitrogen and oxygen atoms in total. The quantitative estimate of drug-likeness (QED) is 0.739. The minimum atomic E-state index is -3.74. The predicted molar refractivity (Wildman–Crippen MR) is 78.5 cm³/mol. The molecule has 0 bridgehead atoms. The van der Waals surface area contributed by atoms with Gasteiger partial charge >= 0.3 is 0 Å². The molecule has 0 aliphatic carbocycles. The van der Waals surface area contributed by atoms with Crippen LogP contribution >= 0.6 is 0 Å². The van der Waals surface area contributed by atoms with E-state index < -0.39 is 10.0 Å². The number of anilines is 2. The van der Waals surface area contributed by atoms with Crippen molar-refractivity contribution in [2.45, 2.75) is 17.9 Å². The number of aromatic nitrogens is 1. The van der Waals surface area contributed by atoms with E-state index in [0.717, 1.165) is 5.56 Å². The number of hydrogen-bond donors (Lipinski definition) is 3. The average molecular weight is 292 g/mol. The number of benzene rings is 1. The molecule has 5 N–H and O–H groups in total. The Kier molecular flexibility index (Phi) is 3.91. The molecule has 0 fully saturated rings. The summed E-state index contributed by atoms with van der Waals surface area (Å²) >= 11 is 0. The van der Waals surface area contributed by atoms with E-state index in [-0.39, 0.29) is 10.9 Å². The summed E-state index contributed by atoms with van der Waals surface area (Å²) in [5.74, 6) is 0. The van der Waals surface area contributed by atoms with E-state index in [1.54, 1.807) is 18.5 Å². The van der Waals surface area contributed by atoms with E-state index in [1.165, 1.54) is 12.1 Å². The summed E-state index contributed by atoms with van der Waals surface area (Å²) in [7, 11) is -3.74. The normalized spacial score (nSPS) is 12.9. The van der Waals surface area contributed by atoms with E-state index in [1.807, 2.05) is 19.1 Å². The van der Waals surface area contributed by atoms with Crippen molar-refractivity contribution in [1.82, 2.24) is 4.98 Å². The largest absolute Gasteiger partial charge is 0.397 e. The fraction of sp³-hybridized carbons (Fsp3) is 0.154. The number of primary sulfonamides is 1. The molecule has 20 heavy (non-hydrogen) atoms. The first kappa shape index (κ1) is 14.3. The molecule has 1 aromatic carbocycles. The molecule has 1 heterocycles. The van der Waals surface area contributed by atoms with Crippen LogP contribution in [0.2, 0.25) is 0 Å². The topological polar surface area (TPSA) is 111 Å². The Morgan fingerprint density at radius 3 is 2.40 bits per heavy atom. The first-order valence-corrected chi connectivity index (χ1v) is 7.51. The summed E-state index contributed by atoms with van der Waals surface area (Å²) in [6.45, 7) is 1.97. The minimum Gasteiger partial charge on any atom is -0.397 e. The van der Waals surface area contributed by atoms with Gasteiger partial charge in [0.05, 0.1) is 16.3 Å². The fourth-order valence-corrected chi connectivity index (χ4v) is 2.37. The molecule has 0 aliphatic heterocycles. The van der Waals surface area contributed by atoms with Crippen LogP contribution in [0.1, 0.15) is 18.5 Å². The number of nitrogens with two attached hydrogens (primary N) is 2. The Morgan fingerprint density at radius 1 is 1.20 bits per heavy atom. The Balaban J connectivity index is 2.23. The molecule has 0 radical (unpaired) electrons. The van der Waals surface area contributed by atoms with Crippen molar-refractivity contribution in [3.63, 3.8) is 0 Å². The summed E-state index contributed by atoms with van der Waals surface area (Å²) in [6, 6.07) is 8.18. The standard InChI is InChI=1S/C13H16N4O2S/c1-9(10-4-6-16-7-5-10)17-13-3-2-11(8-12(13)14)20(15,18)19/h2-9,17H,14H2,1H3,(H2,15,18,19). The van der Waals surface area contributed by atoms with Crippen LogP contribution in [0, 0.1) is 0 Å². The number of sulfonamides is 1. The van der Waals surface area contributed by atoms with Gasteiger partial charge in [0.25, 0.3) is 0 Å². The second-order valence-corrected chi connectivity index (χ2v) is 6.00. The van der Waals surface area contributed by atoms with Gasteiger partial charge in [-0.05, 0) is 42.8 Å². The molecule has 2 aromatic rings. The lowest BCUT2D eigenvalue weighted by molar-refractivity contribution is 0.598. The SMILES string of the molecule is CC(Nc1ccc(S(N)(=O)=O)cc1N)c1ccncc1. The van der Waals surface area contributed by atoms with Gasteiger partial charge in [-0.25, -0.2) is 13.6 Å². The highest BCUT2D eigenvalue weighted by atomic mass is 32.2. The van der Waals surface area contributed by atoms with Gasteiger partial charge in [0, 0.05) is 18.4 Å². The Labute approximate surface area is 117 Å². The van der Waals surface area contributed by atoms with Crippen LogP contribution < -0.4 is 16.2 Å². The van der Waals surface area contributed by atoms with Gasteiger partial charge in [0.1, 0.15) is 0 Å². The van der Waals surface area contributed by atoms with Crippen molar-refractivity contribution in [3.8, 4) is 0 Å². The maximum absolute atomic E-state index is 11.2. The predicted octanol–water partition coefficient (Wildman–Crippen LogP) is 1.48. The summed E-state index contributed by atoms with van der Waals surface area (Å²) < 4.78 is 22.5. The highest BCUT2D eigenvalue weighted by Gasteiger charge is 2.12. The van der Waals surface area contributed by atoms with Gasteiger partial charge in [-0.15, -0.1) is 0 Å². The van der Waals surface area contributed by atoms with Crippen LogP contribution in [0.15, 0.2) is 47.6 Å². The van der Waals surface area contributed by atoms with E-state index in [4.69, 9.17) is 10.9 Å². The summed E-state index contributed by atoms with van der Waals surface area (Å²) in [4.78, 5) is 3.96. The maximum atomic E-state index is 11.2. The third kappa shape index (κ3) is 3.25. The molecule has 1 atom stereocenters. The lowest BCUT2D eigenvalue weighted by atomic mass is 10.1. The van der Waals surface area contributed by atoms with Gasteiger partial charge in [-0.2, -0.15) is 0 Å². The van der Waals surface area contributed by atoms with Crippen molar-refractivity contribution in [1.29, 1.82) is 0 Å². The van der Waals surface area contributed by atoms with Gasteiger partial charge in [-0.1, -0.05) is 0 Å². The Hall–Kier alpha value is -2.12. The van der Waals surface area contributed by atoms with E-state index in [2.05, 4.69) is 10.3 Å². The lowest BCUT2D eigenvalue weighted by Crippen LogP contribution is -2.13. The summed E-state index contributed by atoms with van der Waals surface area (Å²) in [5, 5.41) is 8.27.